The summed E-state index contributed by atoms with van der Waals surface area (Å²) in [5.74, 6) is -0.177. The lowest BCUT2D eigenvalue weighted by molar-refractivity contribution is 0.102. The Hall–Kier alpha value is -1.40. The number of benzene rings is 1. The molecule has 0 aliphatic carbocycles. The number of halogens is 1. The van der Waals surface area contributed by atoms with Gasteiger partial charge in [0.25, 0.3) is 5.91 Å². The summed E-state index contributed by atoms with van der Waals surface area (Å²) in [7, 11) is 0. The summed E-state index contributed by atoms with van der Waals surface area (Å²) in [4.78, 5) is 16.0. The molecule has 0 saturated carbocycles. The summed E-state index contributed by atoms with van der Waals surface area (Å²) < 4.78 is 0.877. The molecule has 0 aliphatic heterocycles. The molecule has 0 atom stereocenters. The zero-order chi connectivity index (χ0) is 12.4. The SMILES string of the molecule is Cc1cc(N)ccc1C(=O)Nc1ncc(Br)s1. The third kappa shape index (κ3) is 2.83. The highest BCUT2D eigenvalue weighted by Crippen LogP contribution is 2.24. The zero-order valence-electron chi connectivity index (χ0n) is 9.03. The molecule has 1 amide bonds. The van der Waals surface area contributed by atoms with Crippen LogP contribution in [0, 0.1) is 6.92 Å². The van der Waals surface area contributed by atoms with E-state index in [4.69, 9.17) is 5.73 Å². The van der Waals surface area contributed by atoms with Gasteiger partial charge in [-0.1, -0.05) is 11.3 Å². The summed E-state index contributed by atoms with van der Waals surface area (Å²) in [5, 5.41) is 3.30. The van der Waals surface area contributed by atoms with E-state index in [1.165, 1.54) is 11.3 Å². The van der Waals surface area contributed by atoms with Crippen LogP contribution in [0.2, 0.25) is 0 Å². The van der Waals surface area contributed by atoms with E-state index in [-0.39, 0.29) is 5.91 Å². The number of aromatic nitrogens is 1. The number of hydrogen-bond acceptors (Lipinski definition) is 4. The first-order chi connectivity index (χ1) is 8.06. The van der Waals surface area contributed by atoms with Crippen molar-refractivity contribution >= 4 is 44.0 Å². The largest absolute Gasteiger partial charge is 0.399 e. The van der Waals surface area contributed by atoms with Crippen LogP contribution in [0.1, 0.15) is 15.9 Å². The molecule has 0 spiro atoms. The van der Waals surface area contributed by atoms with Crippen LogP contribution in [0.5, 0.6) is 0 Å². The number of rotatable bonds is 2. The third-order valence-electron chi connectivity index (χ3n) is 2.19. The molecule has 3 N–H and O–H groups in total. The average Bonchev–Trinajstić information content (AvgIpc) is 2.63. The predicted molar refractivity (Wildman–Crippen MR) is 73.4 cm³/mol. The Morgan fingerprint density at radius 3 is 2.88 bits per heavy atom. The van der Waals surface area contributed by atoms with Gasteiger partial charge in [-0.3, -0.25) is 10.1 Å². The van der Waals surface area contributed by atoms with E-state index >= 15 is 0 Å². The molecular formula is C11H10BrN3OS. The van der Waals surface area contributed by atoms with E-state index in [1.54, 1.807) is 24.4 Å². The van der Waals surface area contributed by atoms with Gasteiger partial charge in [0.15, 0.2) is 5.13 Å². The summed E-state index contributed by atoms with van der Waals surface area (Å²) in [6.07, 6.45) is 1.65. The molecular weight excluding hydrogens is 302 g/mol. The Morgan fingerprint density at radius 2 is 2.29 bits per heavy atom. The quantitative estimate of drug-likeness (QED) is 0.838. The van der Waals surface area contributed by atoms with E-state index < -0.39 is 0 Å². The van der Waals surface area contributed by atoms with Gasteiger partial charge in [0, 0.05) is 11.3 Å². The first-order valence-electron chi connectivity index (χ1n) is 4.85. The minimum Gasteiger partial charge on any atom is -0.399 e. The highest BCUT2D eigenvalue weighted by molar-refractivity contribution is 9.11. The van der Waals surface area contributed by atoms with E-state index in [1.807, 2.05) is 6.92 Å². The first-order valence-corrected chi connectivity index (χ1v) is 6.46. The second-order valence-electron chi connectivity index (χ2n) is 3.50. The van der Waals surface area contributed by atoms with Gasteiger partial charge in [-0.2, -0.15) is 0 Å². The number of amides is 1. The van der Waals surface area contributed by atoms with Crippen LogP contribution in [0.15, 0.2) is 28.2 Å². The van der Waals surface area contributed by atoms with Crippen molar-refractivity contribution in [2.75, 3.05) is 11.1 Å². The molecule has 4 nitrogen and oxygen atoms in total. The van der Waals surface area contributed by atoms with Crippen LogP contribution >= 0.6 is 27.3 Å². The fourth-order valence-corrected chi connectivity index (χ4v) is 2.52. The number of hydrogen-bond donors (Lipinski definition) is 2. The van der Waals surface area contributed by atoms with E-state index in [0.29, 0.717) is 16.4 Å². The summed E-state index contributed by atoms with van der Waals surface area (Å²) >= 11 is 4.66. The molecule has 88 valence electrons. The second kappa shape index (κ2) is 4.85. The highest BCUT2D eigenvalue weighted by Gasteiger charge is 2.11. The molecule has 17 heavy (non-hydrogen) atoms. The van der Waals surface area contributed by atoms with Crippen molar-refractivity contribution in [2.24, 2.45) is 0 Å². The summed E-state index contributed by atoms with van der Waals surface area (Å²) in [6, 6.07) is 5.19. The van der Waals surface area contributed by atoms with Gasteiger partial charge in [-0.25, -0.2) is 4.98 Å². The standard InChI is InChI=1S/C11H10BrN3OS/c1-6-4-7(13)2-3-8(6)10(16)15-11-14-5-9(12)17-11/h2-5H,13H2,1H3,(H,14,15,16). The minimum absolute atomic E-state index is 0.177. The maximum absolute atomic E-state index is 12.0. The maximum atomic E-state index is 12.0. The Bertz CT molecular complexity index is 568. The molecule has 2 aromatic rings. The molecule has 1 heterocycles. The van der Waals surface area contributed by atoms with Crippen LogP contribution in [0.25, 0.3) is 0 Å². The van der Waals surface area contributed by atoms with Crippen LogP contribution in [-0.2, 0) is 0 Å². The number of nitrogens with two attached hydrogens (primary N) is 1. The Morgan fingerprint density at radius 1 is 1.53 bits per heavy atom. The van der Waals surface area contributed by atoms with Crippen LogP contribution in [-0.4, -0.2) is 10.9 Å². The van der Waals surface area contributed by atoms with Gasteiger partial charge < -0.3 is 5.73 Å². The molecule has 0 saturated heterocycles. The topological polar surface area (TPSA) is 68.0 Å². The van der Waals surface area contributed by atoms with Gasteiger partial charge >= 0.3 is 0 Å². The third-order valence-corrected chi connectivity index (χ3v) is 3.58. The van der Waals surface area contributed by atoms with Crippen LogP contribution in [0.3, 0.4) is 0 Å². The molecule has 6 heteroatoms. The van der Waals surface area contributed by atoms with Crippen molar-refractivity contribution in [3.63, 3.8) is 0 Å². The smallest absolute Gasteiger partial charge is 0.257 e. The highest BCUT2D eigenvalue weighted by atomic mass is 79.9. The Labute approximate surface area is 111 Å². The van der Waals surface area contributed by atoms with Crippen molar-refractivity contribution < 1.29 is 4.79 Å². The van der Waals surface area contributed by atoms with Crippen LogP contribution in [0.4, 0.5) is 10.8 Å². The molecule has 0 radical (unpaired) electrons. The number of aryl methyl sites for hydroxylation is 1. The number of carbonyl (C=O) groups is 1. The monoisotopic (exact) mass is 311 g/mol. The number of carbonyl (C=O) groups excluding carboxylic acids is 1. The van der Waals surface area contributed by atoms with Crippen molar-refractivity contribution in [1.82, 2.24) is 4.98 Å². The Kier molecular flexibility index (Phi) is 3.44. The normalized spacial score (nSPS) is 10.2. The predicted octanol–water partition coefficient (Wildman–Crippen LogP) is 3.05. The van der Waals surface area contributed by atoms with Gasteiger partial charge in [0.2, 0.25) is 0 Å². The van der Waals surface area contributed by atoms with E-state index in [0.717, 1.165) is 9.35 Å². The number of thiazole rings is 1. The number of anilines is 2. The Balaban J connectivity index is 2.20. The average molecular weight is 312 g/mol. The molecule has 1 aromatic heterocycles. The van der Waals surface area contributed by atoms with Crippen molar-refractivity contribution in [3.8, 4) is 0 Å². The molecule has 0 bridgehead atoms. The van der Waals surface area contributed by atoms with Crippen molar-refractivity contribution in [2.45, 2.75) is 6.92 Å². The maximum Gasteiger partial charge on any atom is 0.257 e. The number of nitrogens with one attached hydrogen (secondary N) is 1. The van der Waals surface area contributed by atoms with Gasteiger partial charge in [0.1, 0.15) is 0 Å². The summed E-state index contributed by atoms with van der Waals surface area (Å²) in [6.45, 7) is 1.85. The number of nitrogens with zero attached hydrogens (tertiary/aromatic N) is 1. The van der Waals surface area contributed by atoms with Gasteiger partial charge in [0.05, 0.1) is 9.98 Å². The molecule has 1 aromatic carbocycles. The van der Waals surface area contributed by atoms with Crippen LogP contribution < -0.4 is 11.1 Å². The lowest BCUT2D eigenvalue weighted by Crippen LogP contribution is -2.13. The van der Waals surface area contributed by atoms with Gasteiger partial charge in [-0.15, -0.1) is 0 Å². The first kappa shape index (κ1) is 12.1. The lowest BCUT2D eigenvalue weighted by atomic mass is 10.1. The summed E-state index contributed by atoms with van der Waals surface area (Å²) in [5.41, 5.74) is 7.73. The fourth-order valence-electron chi connectivity index (χ4n) is 1.42. The number of nitrogen functional groups attached to an aromatic ring is 1. The van der Waals surface area contributed by atoms with E-state index in [2.05, 4.69) is 26.2 Å². The minimum atomic E-state index is -0.177. The second-order valence-corrected chi connectivity index (χ2v) is 5.91. The van der Waals surface area contributed by atoms with Crippen molar-refractivity contribution in [3.05, 3.63) is 39.3 Å². The molecule has 0 aliphatic rings. The molecule has 0 unspecified atom stereocenters. The fraction of sp³-hybridized carbons (Fsp3) is 0.0909. The van der Waals surface area contributed by atoms with E-state index in [9.17, 15) is 4.79 Å². The van der Waals surface area contributed by atoms with Gasteiger partial charge in [-0.05, 0) is 46.6 Å². The zero-order valence-corrected chi connectivity index (χ0v) is 11.4. The van der Waals surface area contributed by atoms with Crippen molar-refractivity contribution in [1.29, 1.82) is 0 Å². The molecule has 0 fully saturated rings. The molecule has 2 rings (SSSR count). The lowest BCUT2D eigenvalue weighted by Gasteiger charge is -2.05.